The van der Waals surface area contributed by atoms with Gasteiger partial charge in [-0.05, 0) is 0 Å². The van der Waals surface area contributed by atoms with Crippen LogP contribution in [0.1, 0.15) is 0 Å². The molecule has 1 heterocycles. The molecule has 1 atom stereocenters. The molecular formula is C5H8N2O2S. The molecule has 5 heteroatoms. The molecule has 2 N–H and O–H groups in total. The molecule has 10 heavy (non-hydrogen) atoms. The van der Waals surface area contributed by atoms with Gasteiger partial charge in [0, 0.05) is 0 Å². The molecule has 0 spiro atoms. The van der Waals surface area contributed by atoms with Gasteiger partial charge in [0.1, 0.15) is 5.25 Å². The predicted molar refractivity (Wildman–Crippen MR) is 39.9 cm³/mol. The fourth-order valence-corrected chi connectivity index (χ4v) is 1.43. The molecule has 56 valence electrons. The van der Waals surface area contributed by atoms with E-state index < -0.39 is 0 Å². The lowest BCUT2D eigenvalue weighted by molar-refractivity contribution is -0.139. The summed E-state index contributed by atoms with van der Waals surface area (Å²) in [5.41, 5.74) is 5.32. The smallest absolute Gasteiger partial charge is 0.321 e. The van der Waals surface area contributed by atoms with E-state index in [1.54, 1.807) is 0 Å². The SMILES string of the molecule is COC(=O)C1CN=C(N)S1. The third-order valence-corrected chi connectivity index (χ3v) is 2.14. The first kappa shape index (κ1) is 7.40. The van der Waals surface area contributed by atoms with Crippen LogP contribution in [0.3, 0.4) is 0 Å². The molecule has 0 aromatic rings. The van der Waals surface area contributed by atoms with Crippen molar-refractivity contribution in [2.24, 2.45) is 10.7 Å². The van der Waals surface area contributed by atoms with Gasteiger partial charge in [0.05, 0.1) is 13.7 Å². The standard InChI is InChI=1S/C5H8N2O2S/c1-9-4(8)3-2-7-5(6)10-3/h3H,2H2,1H3,(H2,6,7). The Kier molecular flexibility index (Phi) is 2.16. The third-order valence-electron chi connectivity index (χ3n) is 1.14. The Hall–Kier alpha value is -0.710. The van der Waals surface area contributed by atoms with Crippen molar-refractivity contribution in [3.63, 3.8) is 0 Å². The van der Waals surface area contributed by atoms with Crippen LogP contribution in [0.2, 0.25) is 0 Å². The van der Waals surface area contributed by atoms with Crippen molar-refractivity contribution in [2.45, 2.75) is 5.25 Å². The largest absolute Gasteiger partial charge is 0.468 e. The Bertz CT molecular complexity index is 180. The lowest BCUT2D eigenvalue weighted by Crippen LogP contribution is -2.20. The van der Waals surface area contributed by atoms with Gasteiger partial charge < -0.3 is 10.5 Å². The lowest BCUT2D eigenvalue weighted by atomic mass is 10.4. The molecule has 0 aromatic carbocycles. The summed E-state index contributed by atoms with van der Waals surface area (Å²) < 4.78 is 4.49. The van der Waals surface area contributed by atoms with Gasteiger partial charge in [0.15, 0.2) is 5.17 Å². The van der Waals surface area contributed by atoms with Crippen LogP contribution in [0.4, 0.5) is 0 Å². The topological polar surface area (TPSA) is 64.7 Å². The van der Waals surface area contributed by atoms with E-state index in [9.17, 15) is 4.79 Å². The Morgan fingerprint density at radius 1 is 2.00 bits per heavy atom. The maximum atomic E-state index is 10.8. The molecule has 0 fully saturated rings. The first-order chi connectivity index (χ1) is 4.74. The van der Waals surface area contributed by atoms with Gasteiger partial charge in [-0.15, -0.1) is 0 Å². The molecule has 4 nitrogen and oxygen atoms in total. The third kappa shape index (κ3) is 1.41. The van der Waals surface area contributed by atoms with Crippen LogP contribution >= 0.6 is 11.8 Å². The van der Waals surface area contributed by atoms with Crippen molar-refractivity contribution in [3.8, 4) is 0 Å². The van der Waals surface area contributed by atoms with Gasteiger partial charge in [0.2, 0.25) is 0 Å². The quantitative estimate of drug-likeness (QED) is 0.529. The minimum atomic E-state index is -0.255. The number of hydrogen-bond acceptors (Lipinski definition) is 5. The van der Waals surface area contributed by atoms with Gasteiger partial charge in [-0.3, -0.25) is 9.79 Å². The highest BCUT2D eigenvalue weighted by molar-refractivity contribution is 8.15. The number of esters is 1. The second-order valence-electron chi connectivity index (χ2n) is 1.81. The van der Waals surface area contributed by atoms with Crippen molar-refractivity contribution in [2.75, 3.05) is 13.7 Å². The van der Waals surface area contributed by atoms with Gasteiger partial charge in [-0.2, -0.15) is 0 Å². The number of nitrogens with zero attached hydrogens (tertiary/aromatic N) is 1. The average molecular weight is 160 g/mol. The summed E-state index contributed by atoms with van der Waals surface area (Å²) in [7, 11) is 1.36. The first-order valence-electron chi connectivity index (χ1n) is 2.78. The van der Waals surface area contributed by atoms with E-state index in [2.05, 4.69) is 9.73 Å². The number of carbonyl (C=O) groups is 1. The van der Waals surface area contributed by atoms with E-state index in [1.165, 1.54) is 18.9 Å². The van der Waals surface area contributed by atoms with E-state index >= 15 is 0 Å². The van der Waals surface area contributed by atoms with Crippen LogP contribution < -0.4 is 5.73 Å². The minimum Gasteiger partial charge on any atom is -0.468 e. The average Bonchev–Trinajstić information content (AvgIpc) is 2.34. The predicted octanol–water partition coefficient (Wildman–Crippen LogP) is -0.411. The van der Waals surface area contributed by atoms with Gasteiger partial charge in [0.25, 0.3) is 0 Å². The van der Waals surface area contributed by atoms with Gasteiger partial charge in [-0.25, -0.2) is 0 Å². The van der Waals surface area contributed by atoms with E-state index in [0.29, 0.717) is 11.7 Å². The zero-order valence-corrected chi connectivity index (χ0v) is 6.35. The summed E-state index contributed by atoms with van der Waals surface area (Å²) in [5, 5.41) is 0.250. The van der Waals surface area contributed by atoms with Crippen molar-refractivity contribution in [1.29, 1.82) is 0 Å². The molecule has 0 saturated carbocycles. The molecule has 0 bridgehead atoms. The van der Waals surface area contributed by atoms with Crippen molar-refractivity contribution in [3.05, 3.63) is 0 Å². The number of aliphatic imine (C=N–C) groups is 1. The first-order valence-corrected chi connectivity index (χ1v) is 3.66. The number of hydrogen-bond donors (Lipinski definition) is 1. The molecule has 1 aliphatic rings. The number of ether oxygens (including phenoxy) is 1. The van der Waals surface area contributed by atoms with Crippen LogP contribution in [0.25, 0.3) is 0 Å². The highest BCUT2D eigenvalue weighted by Crippen LogP contribution is 2.18. The summed E-state index contributed by atoms with van der Waals surface area (Å²) in [5.74, 6) is -0.255. The summed E-state index contributed by atoms with van der Waals surface area (Å²) in [6.45, 7) is 0.448. The van der Waals surface area contributed by atoms with Crippen LogP contribution in [0.5, 0.6) is 0 Å². The molecule has 1 unspecified atom stereocenters. The number of thioether (sulfide) groups is 1. The van der Waals surface area contributed by atoms with Crippen LogP contribution in [-0.4, -0.2) is 30.0 Å². The maximum Gasteiger partial charge on any atom is 0.321 e. The highest BCUT2D eigenvalue weighted by atomic mass is 32.2. The number of methoxy groups -OCH3 is 1. The lowest BCUT2D eigenvalue weighted by Gasteiger charge is -2.02. The van der Waals surface area contributed by atoms with E-state index in [1.807, 2.05) is 0 Å². The monoisotopic (exact) mass is 160 g/mol. The Labute approximate surface area is 62.8 Å². The number of carbonyl (C=O) groups excluding carboxylic acids is 1. The van der Waals surface area contributed by atoms with Crippen LogP contribution in [0.15, 0.2) is 4.99 Å². The van der Waals surface area contributed by atoms with E-state index in [-0.39, 0.29) is 11.2 Å². The number of amidine groups is 1. The van der Waals surface area contributed by atoms with E-state index in [0.717, 1.165) is 0 Å². The van der Waals surface area contributed by atoms with Gasteiger partial charge in [-0.1, -0.05) is 11.8 Å². The second-order valence-corrected chi connectivity index (χ2v) is 3.03. The van der Waals surface area contributed by atoms with E-state index in [4.69, 9.17) is 5.73 Å². The number of nitrogens with two attached hydrogens (primary N) is 1. The molecule has 1 aliphatic heterocycles. The normalized spacial score (nSPS) is 24.1. The Morgan fingerprint density at radius 2 is 2.70 bits per heavy atom. The fraction of sp³-hybridized carbons (Fsp3) is 0.600. The maximum absolute atomic E-state index is 10.8. The highest BCUT2D eigenvalue weighted by Gasteiger charge is 2.25. The van der Waals surface area contributed by atoms with Crippen molar-refractivity contribution >= 4 is 22.9 Å². The summed E-state index contributed by atoms with van der Waals surface area (Å²) in [6, 6.07) is 0. The molecule has 0 radical (unpaired) electrons. The second kappa shape index (κ2) is 2.92. The van der Waals surface area contributed by atoms with Crippen molar-refractivity contribution < 1.29 is 9.53 Å². The summed E-state index contributed by atoms with van der Waals surface area (Å²) in [4.78, 5) is 14.6. The zero-order valence-electron chi connectivity index (χ0n) is 5.53. The van der Waals surface area contributed by atoms with Crippen molar-refractivity contribution in [1.82, 2.24) is 0 Å². The molecule has 0 amide bonds. The Balaban J connectivity index is 2.42. The number of rotatable bonds is 1. The summed E-state index contributed by atoms with van der Waals surface area (Å²) >= 11 is 1.25. The molecule has 1 rings (SSSR count). The van der Waals surface area contributed by atoms with Crippen LogP contribution in [0, 0.1) is 0 Å². The molecular weight excluding hydrogens is 152 g/mol. The minimum absolute atomic E-state index is 0.218. The molecule has 0 aromatic heterocycles. The van der Waals surface area contributed by atoms with Crippen LogP contribution in [-0.2, 0) is 9.53 Å². The molecule has 0 aliphatic carbocycles. The summed E-state index contributed by atoms with van der Waals surface area (Å²) in [6.07, 6.45) is 0. The fourth-order valence-electron chi connectivity index (χ4n) is 0.647. The molecule has 0 saturated heterocycles. The zero-order chi connectivity index (χ0) is 7.56. The Morgan fingerprint density at radius 3 is 3.10 bits per heavy atom. The van der Waals surface area contributed by atoms with Gasteiger partial charge >= 0.3 is 5.97 Å².